The molecule has 1 aromatic rings. The Kier molecular flexibility index (Phi) is 8.31. The van der Waals surface area contributed by atoms with Gasteiger partial charge < -0.3 is 9.47 Å². The summed E-state index contributed by atoms with van der Waals surface area (Å²) >= 11 is 0. The van der Waals surface area contributed by atoms with Gasteiger partial charge in [-0.25, -0.2) is 4.79 Å². The first-order valence-corrected chi connectivity index (χ1v) is 7.05. The van der Waals surface area contributed by atoms with Gasteiger partial charge in [-0.3, -0.25) is 4.79 Å². The highest BCUT2D eigenvalue weighted by molar-refractivity contribution is 6.33. The largest absolute Gasteiger partial charge is 0.455 e. The van der Waals surface area contributed by atoms with Gasteiger partial charge in [-0.1, -0.05) is 36.8 Å². The minimum atomic E-state index is -0.737. The summed E-state index contributed by atoms with van der Waals surface area (Å²) in [5, 5.41) is 0. The molecule has 0 N–H and O–H groups in total. The first kappa shape index (κ1) is 16.4. The summed E-state index contributed by atoms with van der Waals surface area (Å²) in [6, 6.07) is 9.32. The van der Waals surface area contributed by atoms with Crippen molar-refractivity contribution in [2.45, 2.75) is 39.2 Å². The molecule has 1 aromatic carbocycles. The number of ketones is 1. The summed E-state index contributed by atoms with van der Waals surface area (Å²) < 4.78 is 10.2. The van der Waals surface area contributed by atoms with Gasteiger partial charge >= 0.3 is 5.97 Å². The number of rotatable bonds is 10. The van der Waals surface area contributed by atoms with Gasteiger partial charge in [-0.05, 0) is 25.3 Å². The highest BCUT2D eigenvalue weighted by Gasteiger charge is 2.14. The van der Waals surface area contributed by atoms with Crippen molar-refractivity contribution in [1.29, 1.82) is 0 Å². The molecule has 0 fully saturated rings. The Labute approximate surface area is 120 Å². The van der Waals surface area contributed by atoms with Gasteiger partial charge in [0.25, 0.3) is 0 Å². The number of hydrogen-bond donors (Lipinski definition) is 0. The Morgan fingerprint density at radius 2 is 1.80 bits per heavy atom. The fraction of sp³-hybridized carbons (Fsp3) is 0.500. The standard InChI is InChI=1S/C16H22O4/c1-2-19-12-8-4-7-11-15(17)16(18)20-13-14-9-5-3-6-10-14/h3,5-6,9-10H,2,4,7-8,11-13H2,1H3. The molecule has 20 heavy (non-hydrogen) atoms. The molecule has 0 atom stereocenters. The SMILES string of the molecule is CCOCCCCCC(=O)C(=O)OCc1ccccc1. The van der Waals surface area contributed by atoms with Gasteiger partial charge in [-0.2, -0.15) is 0 Å². The molecule has 4 nitrogen and oxygen atoms in total. The van der Waals surface area contributed by atoms with Gasteiger partial charge in [0.15, 0.2) is 0 Å². The molecular formula is C16H22O4. The molecule has 0 spiro atoms. The number of esters is 1. The van der Waals surface area contributed by atoms with E-state index in [0.717, 1.165) is 18.4 Å². The van der Waals surface area contributed by atoms with Crippen LogP contribution in [0.25, 0.3) is 0 Å². The van der Waals surface area contributed by atoms with Crippen LogP contribution < -0.4 is 0 Å². The van der Waals surface area contributed by atoms with Crippen molar-refractivity contribution in [3.63, 3.8) is 0 Å². The van der Waals surface area contributed by atoms with Crippen LogP contribution in [0.3, 0.4) is 0 Å². The van der Waals surface area contributed by atoms with E-state index in [2.05, 4.69) is 0 Å². The molecule has 110 valence electrons. The zero-order chi connectivity index (χ0) is 14.6. The van der Waals surface area contributed by atoms with E-state index in [0.29, 0.717) is 19.6 Å². The highest BCUT2D eigenvalue weighted by atomic mass is 16.5. The third-order valence-electron chi connectivity index (χ3n) is 2.84. The number of carbonyl (C=O) groups is 2. The predicted molar refractivity (Wildman–Crippen MR) is 76.2 cm³/mol. The smallest absolute Gasteiger partial charge is 0.374 e. The van der Waals surface area contributed by atoms with Crippen LogP contribution in [-0.4, -0.2) is 25.0 Å². The second-order valence-electron chi connectivity index (χ2n) is 4.49. The zero-order valence-corrected chi connectivity index (χ0v) is 12.0. The van der Waals surface area contributed by atoms with Gasteiger partial charge in [0, 0.05) is 19.6 Å². The third kappa shape index (κ3) is 7.04. The first-order valence-electron chi connectivity index (χ1n) is 7.05. The monoisotopic (exact) mass is 278 g/mol. The number of benzene rings is 1. The van der Waals surface area contributed by atoms with E-state index in [-0.39, 0.29) is 13.0 Å². The van der Waals surface area contributed by atoms with Crippen LogP contribution in [0.5, 0.6) is 0 Å². The van der Waals surface area contributed by atoms with Crippen LogP contribution in [0.1, 0.15) is 38.2 Å². The minimum Gasteiger partial charge on any atom is -0.455 e. The van der Waals surface area contributed by atoms with Crippen LogP contribution >= 0.6 is 0 Å². The average Bonchev–Trinajstić information content (AvgIpc) is 2.49. The maximum absolute atomic E-state index is 11.5. The second-order valence-corrected chi connectivity index (χ2v) is 4.49. The lowest BCUT2D eigenvalue weighted by Crippen LogP contribution is -2.17. The molecule has 0 amide bonds. The van der Waals surface area contributed by atoms with E-state index in [1.54, 1.807) is 0 Å². The Balaban J connectivity index is 2.12. The van der Waals surface area contributed by atoms with Crippen LogP contribution in [0, 0.1) is 0 Å². The van der Waals surface area contributed by atoms with Gasteiger partial charge in [-0.15, -0.1) is 0 Å². The van der Waals surface area contributed by atoms with Gasteiger partial charge in [0.05, 0.1) is 0 Å². The first-order chi connectivity index (χ1) is 9.74. The van der Waals surface area contributed by atoms with Crippen molar-refractivity contribution >= 4 is 11.8 Å². The van der Waals surface area contributed by atoms with Crippen molar-refractivity contribution in [1.82, 2.24) is 0 Å². The van der Waals surface area contributed by atoms with E-state index in [1.807, 2.05) is 37.3 Å². The lowest BCUT2D eigenvalue weighted by Gasteiger charge is -2.04. The molecule has 0 aliphatic carbocycles. The molecule has 0 aliphatic rings. The summed E-state index contributed by atoms with van der Waals surface area (Å²) in [6.07, 6.45) is 2.75. The normalized spacial score (nSPS) is 10.2. The van der Waals surface area contributed by atoms with E-state index in [4.69, 9.17) is 9.47 Å². The molecule has 0 aromatic heterocycles. The number of hydrogen-bond acceptors (Lipinski definition) is 4. The topological polar surface area (TPSA) is 52.6 Å². The van der Waals surface area contributed by atoms with Gasteiger partial charge in [0.2, 0.25) is 5.78 Å². The highest BCUT2D eigenvalue weighted by Crippen LogP contribution is 2.04. The zero-order valence-electron chi connectivity index (χ0n) is 12.0. The Bertz CT molecular complexity index is 400. The number of Topliss-reactive ketones (excluding diaryl/α,β-unsaturated/α-hetero) is 1. The number of unbranched alkanes of at least 4 members (excludes halogenated alkanes) is 2. The van der Waals surface area contributed by atoms with Crippen LogP contribution in [0.2, 0.25) is 0 Å². The van der Waals surface area contributed by atoms with Crippen molar-refractivity contribution in [3.05, 3.63) is 35.9 Å². The van der Waals surface area contributed by atoms with Crippen molar-refractivity contribution in [3.8, 4) is 0 Å². The van der Waals surface area contributed by atoms with Crippen molar-refractivity contribution in [2.75, 3.05) is 13.2 Å². The number of ether oxygens (including phenoxy) is 2. The van der Waals surface area contributed by atoms with Crippen LogP contribution in [-0.2, 0) is 25.7 Å². The van der Waals surface area contributed by atoms with E-state index >= 15 is 0 Å². The van der Waals surface area contributed by atoms with Crippen LogP contribution in [0.4, 0.5) is 0 Å². The van der Waals surface area contributed by atoms with E-state index in [1.165, 1.54) is 0 Å². The minimum absolute atomic E-state index is 0.149. The molecule has 1 rings (SSSR count). The molecule has 0 saturated heterocycles. The summed E-state index contributed by atoms with van der Waals surface area (Å²) in [7, 11) is 0. The summed E-state index contributed by atoms with van der Waals surface area (Å²) in [5.74, 6) is -1.18. The number of carbonyl (C=O) groups excluding carboxylic acids is 2. The second kappa shape index (κ2) is 10.1. The lowest BCUT2D eigenvalue weighted by atomic mass is 10.1. The maximum Gasteiger partial charge on any atom is 0.374 e. The fourth-order valence-corrected chi connectivity index (χ4v) is 1.72. The fourth-order valence-electron chi connectivity index (χ4n) is 1.72. The summed E-state index contributed by atoms with van der Waals surface area (Å²) in [6.45, 7) is 3.52. The van der Waals surface area contributed by atoms with E-state index < -0.39 is 11.8 Å². The summed E-state index contributed by atoms with van der Waals surface area (Å²) in [5.41, 5.74) is 0.880. The molecule has 0 radical (unpaired) electrons. The Morgan fingerprint density at radius 1 is 1.05 bits per heavy atom. The average molecular weight is 278 g/mol. The lowest BCUT2D eigenvalue weighted by molar-refractivity contribution is -0.154. The quantitative estimate of drug-likeness (QED) is 0.375. The molecule has 0 bridgehead atoms. The van der Waals surface area contributed by atoms with Crippen LogP contribution in [0.15, 0.2) is 30.3 Å². The maximum atomic E-state index is 11.5. The van der Waals surface area contributed by atoms with Crippen molar-refractivity contribution < 1.29 is 19.1 Å². The molecule has 0 saturated carbocycles. The Hall–Kier alpha value is -1.68. The summed E-state index contributed by atoms with van der Waals surface area (Å²) in [4.78, 5) is 23.0. The molecule has 4 heteroatoms. The van der Waals surface area contributed by atoms with Gasteiger partial charge in [0.1, 0.15) is 6.61 Å². The Morgan fingerprint density at radius 3 is 2.50 bits per heavy atom. The third-order valence-corrected chi connectivity index (χ3v) is 2.84. The molecule has 0 heterocycles. The molecule has 0 unspecified atom stereocenters. The molecule has 0 aliphatic heterocycles. The molecular weight excluding hydrogens is 256 g/mol. The van der Waals surface area contributed by atoms with Crippen molar-refractivity contribution in [2.24, 2.45) is 0 Å². The van der Waals surface area contributed by atoms with E-state index in [9.17, 15) is 9.59 Å². The predicted octanol–water partition coefficient (Wildman–Crippen LogP) is 2.90.